The summed E-state index contributed by atoms with van der Waals surface area (Å²) in [6.07, 6.45) is 0. The van der Waals surface area contributed by atoms with Crippen LogP contribution in [0.3, 0.4) is 0 Å². The van der Waals surface area contributed by atoms with Gasteiger partial charge in [0.15, 0.2) is 0 Å². The maximum Gasteiger partial charge on any atom is 0.266 e. The number of aromatic amines is 1. The normalized spacial score (nSPS) is 10.1. The van der Waals surface area contributed by atoms with E-state index < -0.39 is 0 Å². The van der Waals surface area contributed by atoms with E-state index >= 15 is 0 Å². The second-order valence-corrected chi connectivity index (χ2v) is 4.27. The van der Waals surface area contributed by atoms with Crippen LogP contribution in [0.5, 0.6) is 0 Å². The molecule has 96 valence electrons. The number of rotatable bonds is 4. The van der Waals surface area contributed by atoms with Gasteiger partial charge in [0.2, 0.25) is 0 Å². The summed E-state index contributed by atoms with van der Waals surface area (Å²) in [6, 6.07) is 13.4. The number of nitrogens with zero attached hydrogens (tertiary/aromatic N) is 1. The molecule has 0 bridgehead atoms. The van der Waals surface area contributed by atoms with Crippen molar-refractivity contribution in [2.75, 3.05) is 0 Å². The molecule has 0 aliphatic heterocycles. The molecule has 4 heteroatoms. The van der Waals surface area contributed by atoms with Gasteiger partial charge in [-0.1, -0.05) is 30.3 Å². The average Bonchev–Trinajstić information content (AvgIpc) is 2.39. The Labute approximate surface area is 111 Å². The molecule has 1 aromatic heterocycles. The Morgan fingerprint density at radius 1 is 1.26 bits per heavy atom. The summed E-state index contributed by atoms with van der Waals surface area (Å²) in [5, 5.41) is 8.98. The van der Waals surface area contributed by atoms with E-state index in [-0.39, 0.29) is 17.7 Å². The highest BCUT2D eigenvalue weighted by atomic mass is 16.5. The molecule has 4 nitrogen and oxygen atoms in total. The standard InChI is InChI=1S/C15H14N2O2/c1-11-7-13(14(8-16)15(18)17-11)10-19-9-12-5-3-2-4-6-12/h2-7H,9-10H2,1H3,(H,17,18). The smallest absolute Gasteiger partial charge is 0.266 e. The third-order valence-corrected chi connectivity index (χ3v) is 2.73. The molecule has 0 fully saturated rings. The van der Waals surface area contributed by atoms with Crippen LogP contribution in [-0.2, 0) is 18.0 Å². The maximum absolute atomic E-state index is 11.6. The zero-order valence-corrected chi connectivity index (χ0v) is 10.6. The lowest BCUT2D eigenvalue weighted by atomic mass is 10.1. The van der Waals surface area contributed by atoms with Gasteiger partial charge in [0.25, 0.3) is 5.56 Å². The number of hydrogen-bond acceptors (Lipinski definition) is 3. The second-order valence-electron chi connectivity index (χ2n) is 4.27. The van der Waals surface area contributed by atoms with Gasteiger partial charge in [-0.05, 0) is 18.6 Å². The maximum atomic E-state index is 11.6. The average molecular weight is 254 g/mol. The van der Waals surface area contributed by atoms with Crippen molar-refractivity contribution in [1.82, 2.24) is 4.98 Å². The number of aryl methyl sites for hydroxylation is 1. The molecule has 0 atom stereocenters. The van der Waals surface area contributed by atoms with Gasteiger partial charge >= 0.3 is 0 Å². The van der Waals surface area contributed by atoms with Gasteiger partial charge < -0.3 is 9.72 Å². The van der Waals surface area contributed by atoms with Crippen LogP contribution in [0, 0.1) is 18.3 Å². The molecule has 1 aromatic carbocycles. The first-order valence-electron chi connectivity index (χ1n) is 5.95. The number of hydrogen-bond donors (Lipinski definition) is 1. The largest absolute Gasteiger partial charge is 0.372 e. The van der Waals surface area contributed by atoms with E-state index in [1.54, 1.807) is 13.0 Å². The van der Waals surface area contributed by atoms with Gasteiger partial charge in [-0.25, -0.2) is 0 Å². The number of H-pyrrole nitrogens is 1. The summed E-state index contributed by atoms with van der Waals surface area (Å²) in [7, 11) is 0. The van der Waals surface area contributed by atoms with Gasteiger partial charge in [0, 0.05) is 11.3 Å². The summed E-state index contributed by atoms with van der Waals surface area (Å²) >= 11 is 0. The molecule has 1 heterocycles. The third kappa shape index (κ3) is 3.30. The SMILES string of the molecule is Cc1cc(COCc2ccccc2)c(C#N)c(=O)[nH]1. The molecule has 2 rings (SSSR count). The molecule has 0 aliphatic carbocycles. The Kier molecular flexibility index (Phi) is 4.11. The molecular weight excluding hydrogens is 240 g/mol. The molecular formula is C15H14N2O2. The summed E-state index contributed by atoms with van der Waals surface area (Å²) in [6.45, 7) is 2.49. The first-order valence-corrected chi connectivity index (χ1v) is 5.95. The lowest BCUT2D eigenvalue weighted by molar-refractivity contribution is 0.107. The minimum Gasteiger partial charge on any atom is -0.372 e. The highest BCUT2D eigenvalue weighted by Crippen LogP contribution is 2.08. The molecule has 0 amide bonds. The van der Waals surface area contributed by atoms with Crippen molar-refractivity contribution in [2.24, 2.45) is 0 Å². The highest BCUT2D eigenvalue weighted by molar-refractivity contribution is 5.36. The van der Waals surface area contributed by atoms with Crippen LogP contribution >= 0.6 is 0 Å². The number of pyridine rings is 1. The molecule has 0 aliphatic rings. The first kappa shape index (κ1) is 13.1. The lowest BCUT2D eigenvalue weighted by Crippen LogP contribution is -2.15. The fraction of sp³-hybridized carbons (Fsp3) is 0.200. The number of benzene rings is 1. The van der Waals surface area contributed by atoms with Crippen molar-refractivity contribution >= 4 is 0 Å². The second kappa shape index (κ2) is 5.98. The summed E-state index contributed by atoms with van der Waals surface area (Å²) in [5.74, 6) is 0. The van der Waals surface area contributed by atoms with Crippen LogP contribution in [0.2, 0.25) is 0 Å². The van der Waals surface area contributed by atoms with Crippen molar-refractivity contribution < 1.29 is 4.74 Å². The van der Waals surface area contributed by atoms with Gasteiger partial charge in [-0.2, -0.15) is 5.26 Å². The number of nitriles is 1. The van der Waals surface area contributed by atoms with Crippen LogP contribution in [0.25, 0.3) is 0 Å². The lowest BCUT2D eigenvalue weighted by Gasteiger charge is -2.06. The van der Waals surface area contributed by atoms with E-state index in [4.69, 9.17) is 10.00 Å². The Morgan fingerprint density at radius 3 is 2.68 bits per heavy atom. The molecule has 19 heavy (non-hydrogen) atoms. The molecule has 0 radical (unpaired) electrons. The van der Waals surface area contributed by atoms with E-state index in [1.807, 2.05) is 36.4 Å². The molecule has 2 aromatic rings. The Balaban J connectivity index is 2.08. The van der Waals surface area contributed by atoms with Gasteiger partial charge in [-0.15, -0.1) is 0 Å². The number of nitrogens with one attached hydrogen (secondary N) is 1. The quantitative estimate of drug-likeness (QED) is 0.910. The predicted octanol–water partition coefficient (Wildman–Crippen LogP) is 2.27. The summed E-state index contributed by atoms with van der Waals surface area (Å²) in [5.41, 5.74) is 2.17. The van der Waals surface area contributed by atoms with Gasteiger partial charge in [0.1, 0.15) is 11.6 Å². The third-order valence-electron chi connectivity index (χ3n) is 2.73. The molecule has 1 N–H and O–H groups in total. The van der Waals surface area contributed by atoms with E-state index in [0.717, 1.165) is 11.3 Å². The van der Waals surface area contributed by atoms with E-state index in [1.165, 1.54) is 0 Å². The monoisotopic (exact) mass is 254 g/mol. The summed E-state index contributed by atoms with van der Waals surface area (Å²) < 4.78 is 5.55. The minimum absolute atomic E-state index is 0.124. The topological polar surface area (TPSA) is 65.9 Å². The van der Waals surface area contributed by atoms with Gasteiger partial charge in [0.05, 0.1) is 13.2 Å². The summed E-state index contributed by atoms with van der Waals surface area (Å²) in [4.78, 5) is 14.2. The number of ether oxygens (including phenoxy) is 1. The predicted molar refractivity (Wildman–Crippen MR) is 71.4 cm³/mol. The molecule has 0 spiro atoms. The fourth-order valence-corrected chi connectivity index (χ4v) is 1.85. The highest BCUT2D eigenvalue weighted by Gasteiger charge is 2.07. The minimum atomic E-state index is -0.360. The first-order chi connectivity index (χ1) is 9.20. The fourth-order valence-electron chi connectivity index (χ4n) is 1.85. The van der Waals surface area contributed by atoms with Gasteiger partial charge in [-0.3, -0.25) is 4.79 Å². The van der Waals surface area contributed by atoms with E-state index in [2.05, 4.69) is 4.98 Å². The van der Waals surface area contributed by atoms with Crippen molar-refractivity contribution in [2.45, 2.75) is 20.1 Å². The Morgan fingerprint density at radius 2 is 2.00 bits per heavy atom. The molecule has 0 saturated carbocycles. The van der Waals surface area contributed by atoms with Crippen LogP contribution in [0.15, 0.2) is 41.2 Å². The van der Waals surface area contributed by atoms with Crippen molar-refractivity contribution in [3.05, 3.63) is 69.1 Å². The Bertz CT molecular complexity index is 654. The molecule has 0 saturated heterocycles. The van der Waals surface area contributed by atoms with E-state index in [9.17, 15) is 4.79 Å². The van der Waals surface area contributed by atoms with E-state index in [0.29, 0.717) is 12.2 Å². The Hall–Kier alpha value is -2.38. The van der Waals surface area contributed by atoms with Crippen molar-refractivity contribution in [3.63, 3.8) is 0 Å². The van der Waals surface area contributed by atoms with Crippen molar-refractivity contribution in [1.29, 1.82) is 5.26 Å². The molecule has 0 unspecified atom stereocenters. The van der Waals surface area contributed by atoms with Crippen LogP contribution in [0.1, 0.15) is 22.4 Å². The van der Waals surface area contributed by atoms with Crippen LogP contribution < -0.4 is 5.56 Å². The van der Waals surface area contributed by atoms with Crippen LogP contribution in [-0.4, -0.2) is 4.98 Å². The van der Waals surface area contributed by atoms with Crippen LogP contribution in [0.4, 0.5) is 0 Å². The van der Waals surface area contributed by atoms with Crippen molar-refractivity contribution in [3.8, 4) is 6.07 Å². The zero-order chi connectivity index (χ0) is 13.7. The zero-order valence-electron chi connectivity index (χ0n) is 10.6. The number of aromatic nitrogens is 1.